The highest BCUT2D eigenvalue weighted by atomic mass is 16.3. The van der Waals surface area contributed by atoms with Gasteiger partial charge in [-0.05, 0) is 195 Å². The Hall–Kier alpha value is -19.5. The van der Waals surface area contributed by atoms with Gasteiger partial charge in [0.25, 0.3) is 0 Å². The van der Waals surface area contributed by atoms with Crippen LogP contribution in [0.5, 0.6) is 0 Å². The molecule has 0 unspecified atom stereocenters. The van der Waals surface area contributed by atoms with Gasteiger partial charge in [-0.1, -0.05) is 497 Å². The molecule has 0 amide bonds. The molecule has 0 bridgehead atoms. The molecule has 0 atom stereocenters. The molecular weight excluding hydrogens is 1800 g/mol. The van der Waals surface area contributed by atoms with E-state index in [-0.39, 0.29) is 0 Å². The van der Waals surface area contributed by atoms with Crippen LogP contribution >= 0.6 is 0 Å². The summed E-state index contributed by atoms with van der Waals surface area (Å²) in [5.74, 6) is 3.54. The van der Waals surface area contributed by atoms with Crippen molar-refractivity contribution in [2.24, 2.45) is 0 Å². The molecule has 696 valence electrons. The Morgan fingerprint density at radius 1 is 0.128 bits per heavy atom. The van der Waals surface area contributed by atoms with Crippen molar-refractivity contribution >= 4 is 43.9 Å². The molecule has 8 heteroatoms. The number of benzene rings is 22. The molecule has 22 aromatic carbocycles. The SMILES string of the molecule is c1ccc(-c2cc(-c3ccccc3)cc(-c3cc(-c4cc(-c5ccccc5)cc(-c5ccccc5)c4)c4oc5cccc(-c6nc(-c7ccccc7)nc(-c7ccccc7)n6)c5c4c3)c2)cc1.c1ccc(-c2nc(-c3ccccc3)nc(-c3cccc4oc5c(-c6ccc(C(c7ccccc7)(c7ccccc7)c7ccccc7)cc6)cc(-c6ccc(C(c7ccccc7)(c7ccccc7)c7ccccc7)cc6)cc5c34)n2)cc1. The van der Waals surface area contributed by atoms with Crippen molar-refractivity contribution < 1.29 is 8.83 Å². The van der Waals surface area contributed by atoms with Crippen LogP contribution in [0.4, 0.5) is 0 Å². The average molecular weight is 1890 g/mol. The van der Waals surface area contributed by atoms with Crippen molar-refractivity contribution in [1.82, 2.24) is 29.9 Å². The van der Waals surface area contributed by atoms with Gasteiger partial charge in [0.15, 0.2) is 34.9 Å². The summed E-state index contributed by atoms with van der Waals surface area (Å²) in [5.41, 5.74) is 34.1. The molecular formula is C140H94N6O2. The monoisotopic (exact) mass is 1890 g/mol. The molecule has 8 nitrogen and oxygen atoms in total. The predicted molar refractivity (Wildman–Crippen MR) is 607 cm³/mol. The number of nitrogens with zero attached hydrogens (tertiary/aromatic N) is 6. The fourth-order valence-corrected chi connectivity index (χ4v) is 21.6. The lowest BCUT2D eigenvalue weighted by atomic mass is 9.65. The van der Waals surface area contributed by atoms with Gasteiger partial charge in [0, 0.05) is 66.1 Å². The minimum Gasteiger partial charge on any atom is -0.455 e. The molecule has 148 heavy (non-hydrogen) atoms. The third-order valence-corrected chi connectivity index (χ3v) is 28.5. The first-order valence-corrected chi connectivity index (χ1v) is 50.2. The standard InChI is InChI=1S/C77H53N3O.C63H41N3O/c1-9-26-56(27-10-1)73-78-74(57-28-11-2-12-29-57)80-75(79-73)67-42-25-43-70-71(67)69-53-58(54-44-48-65(49-45-54)76(59-30-13-3-14-31-59,60-32-15-4-16-33-60)61-34-17-5-18-35-61)52-68(72(69)81-70)55-46-50-66(51-47-55)77(62-36-19-6-20-37-62,63-38-21-7-22-39-63)64-40-23-8-24-41-64;1-7-20-42(21-8-1)48-34-49(43-22-9-2-10-23-43)37-52(36-48)53-40-56(54-38-50(44-24-11-3-12-25-44)35-51(39-54)45-26-13-4-14-27-45)60-57(41-53)59-55(32-19-33-58(59)67-60)63-65-61(46-28-15-5-16-29-46)64-62(66-63)47-30-17-6-18-31-47/h1-53H;1-41H. The predicted octanol–water partition coefficient (Wildman–Crippen LogP) is 35.6. The second-order valence-electron chi connectivity index (χ2n) is 37.4. The lowest BCUT2D eigenvalue weighted by Crippen LogP contribution is -2.30. The Bertz CT molecular complexity index is 8800. The maximum Gasteiger partial charge on any atom is 0.164 e. The van der Waals surface area contributed by atoms with Crippen LogP contribution < -0.4 is 0 Å². The van der Waals surface area contributed by atoms with E-state index in [0.717, 1.165) is 172 Å². The van der Waals surface area contributed by atoms with Crippen molar-refractivity contribution in [2.45, 2.75) is 10.8 Å². The van der Waals surface area contributed by atoms with Gasteiger partial charge in [-0.25, -0.2) is 29.9 Å². The summed E-state index contributed by atoms with van der Waals surface area (Å²) >= 11 is 0. The Balaban J connectivity index is 0.000000157. The van der Waals surface area contributed by atoms with Crippen LogP contribution in [0.15, 0.2) is 579 Å². The fourth-order valence-electron chi connectivity index (χ4n) is 21.6. The summed E-state index contributed by atoms with van der Waals surface area (Å²) < 4.78 is 14.3. The molecule has 0 spiro atoms. The van der Waals surface area contributed by atoms with E-state index in [0.29, 0.717) is 34.9 Å². The van der Waals surface area contributed by atoms with Crippen LogP contribution in [0.2, 0.25) is 0 Å². The molecule has 0 aliphatic carbocycles. The summed E-state index contributed by atoms with van der Waals surface area (Å²) in [6.07, 6.45) is 0. The first kappa shape index (κ1) is 89.8. The Morgan fingerprint density at radius 3 is 0.595 bits per heavy atom. The van der Waals surface area contributed by atoms with Gasteiger partial charge < -0.3 is 8.83 Å². The summed E-state index contributed by atoms with van der Waals surface area (Å²) in [6, 6.07) is 202. The molecule has 4 aromatic heterocycles. The zero-order valence-corrected chi connectivity index (χ0v) is 80.8. The summed E-state index contributed by atoms with van der Waals surface area (Å²) in [6.45, 7) is 0. The van der Waals surface area contributed by atoms with Gasteiger partial charge in [0.05, 0.1) is 10.8 Å². The van der Waals surface area contributed by atoms with Crippen LogP contribution in [0.25, 0.3) is 201 Å². The molecule has 26 rings (SSSR count). The average Bonchev–Trinajstić information content (AvgIpc) is 0.901. The van der Waals surface area contributed by atoms with Gasteiger partial charge in [0.2, 0.25) is 0 Å². The normalized spacial score (nSPS) is 11.5. The van der Waals surface area contributed by atoms with Crippen LogP contribution in [-0.2, 0) is 10.8 Å². The zero-order valence-electron chi connectivity index (χ0n) is 80.8. The van der Waals surface area contributed by atoms with Gasteiger partial charge in [-0.15, -0.1) is 0 Å². The number of hydrogen-bond donors (Lipinski definition) is 0. The first-order chi connectivity index (χ1) is 73.3. The lowest BCUT2D eigenvalue weighted by molar-refractivity contribution is 0.669. The Kier molecular flexibility index (Phi) is 24.1. The second kappa shape index (κ2) is 39.7. The van der Waals surface area contributed by atoms with Crippen LogP contribution in [0.1, 0.15) is 44.5 Å². The van der Waals surface area contributed by atoms with Gasteiger partial charge in [0.1, 0.15) is 22.3 Å². The van der Waals surface area contributed by atoms with Crippen LogP contribution in [-0.4, -0.2) is 29.9 Å². The third kappa shape index (κ3) is 17.2. The van der Waals surface area contributed by atoms with Crippen LogP contribution in [0.3, 0.4) is 0 Å². The van der Waals surface area contributed by atoms with Crippen molar-refractivity contribution in [3.05, 3.63) is 615 Å². The summed E-state index contributed by atoms with van der Waals surface area (Å²) in [4.78, 5) is 31.0. The van der Waals surface area contributed by atoms with Gasteiger partial charge in [-0.2, -0.15) is 0 Å². The van der Waals surface area contributed by atoms with E-state index in [9.17, 15) is 0 Å². The molecule has 0 N–H and O–H groups in total. The highest BCUT2D eigenvalue weighted by Gasteiger charge is 2.41. The Morgan fingerprint density at radius 2 is 0.324 bits per heavy atom. The number of fused-ring (bicyclic) bond motifs is 6. The second-order valence-corrected chi connectivity index (χ2v) is 37.4. The lowest BCUT2D eigenvalue weighted by Gasteiger charge is -2.37. The maximum absolute atomic E-state index is 7.17. The molecule has 0 saturated carbocycles. The molecule has 4 heterocycles. The topological polar surface area (TPSA) is 104 Å². The quantitative estimate of drug-likeness (QED) is 0.0618. The van der Waals surface area contributed by atoms with Crippen molar-refractivity contribution in [2.75, 3.05) is 0 Å². The van der Waals surface area contributed by atoms with Gasteiger partial charge in [-0.3, -0.25) is 0 Å². The highest BCUT2D eigenvalue weighted by molar-refractivity contribution is 6.18. The van der Waals surface area contributed by atoms with Gasteiger partial charge >= 0.3 is 0 Å². The largest absolute Gasteiger partial charge is 0.455 e. The number of aromatic nitrogens is 6. The minimum absolute atomic E-state index is 0.565. The molecule has 0 saturated heterocycles. The minimum atomic E-state index is -0.605. The van der Waals surface area contributed by atoms with E-state index in [1.54, 1.807) is 0 Å². The number of furan rings is 2. The van der Waals surface area contributed by atoms with E-state index in [1.165, 1.54) is 38.9 Å². The molecule has 0 aliphatic heterocycles. The van der Waals surface area contributed by atoms with Crippen molar-refractivity contribution in [3.63, 3.8) is 0 Å². The van der Waals surface area contributed by atoms with Crippen LogP contribution in [0, 0.1) is 0 Å². The number of hydrogen-bond acceptors (Lipinski definition) is 8. The van der Waals surface area contributed by atoms with E-state index in [1.807, 2.05) is 133 Å². The van der Waals surface area contributed by atoms with E-state index < -0.39 is 10.8 Å². The molecule has 0 fully saturated rings. The van der Waals surface area contributed by atoms with E-state index in [2.05, 4.69) is 437 Å². The zero-order chi connectivity index (χ0) is 98.5. The summed E-state index contributed by atoms with van der Waals surface area (Å²) in [5, 5.41) is 3.80. The van der Waals surface area contributed by atoms with E-state index >= 15 is 0 Å². The summed E-state index contributed by atoms with van der Waals surface area (Å²) in [7, 11) is 0. The molecule has 0 aliphatic rings. The molecule has 0 radical (unpaired) electrons. The fraction of sp³-hybridized carbons (Fsp3) is 0.0143. The third-order valence-electron chi connectivity index (χ3n) is 28.5. The smallest absolute Gasteiger partial charge is 0.164 e. The van der Waals surface area contributed by atoms with Crippen molar-refractivity contribution in [1.29, 1.82) is 0 Å². The number of rotatable bonds is 22. The Labute approximate surface area is 859 Å². The molecule has 26 aromatic rings. The van der Waals surface area contributed by atoms with E-state index in [4.69, 9.17) is 38.7 Å². The highest BCUT2D eigenvalue weighted by Crippen LogP contribution is 2.52. The van der Waals surface area contributed by atoms with Crippen molar-refractivity contribution in [3.8, 4) is 157 Å². The first-order valence-electron chi connectivity index (χ1n) is 50.2. The maximum atomic E-state index is 7.17.